The highest BCUT2D eigenvalue weighted by Gasteiger charge is 2.31. The van der Waals surface area contributed by atoms with Crippen molar-refractivity contribution in [2.75, 3.05) is 13.1 Å². The normalized spacial score (nSPS) is 22.1. The minimum absolute atomic E-state index is 0.214. The minimum atomic E-state index is -0.308. The SMILES string of the molecule is CCc1ccc(CN2C[C@@H](Cc3cnccn3)[C@H](O)C2)nc1. The smallest absolute Gasteiger partial charge is 0.0711 e. The summed E-state index contributed by atoms with van der Waals surface area (Å²) in [6.07, 6.45) is 8.57. The Bertz CT molecular complexity index is 587. The van der Waals surface area contributed by atoms with Crippen molar-refractivity contribution in [3.63, 3.8) is 0 Å². The number of aromatic nitrogens is 3. The Balaban J connectivity index is 1.58. The largest absolute Gasteiger partial charge is 0.391 e. The summed E-state index contributed by atoms with van der Waals surface area (Å²) in [5.41, 5.74) is 3.26. The fourth-order valence-corrected chi connectivity index (χ4v) is 2.96. The molecule has 0 aromatic carbocycles. The van der Waals surface area contributed by atoms with Gasteiger partial charge in [0.05, 0.1) is 17.5 Å². The second-order valence-electron chi connectivity index (χ2n) is 5.93. The van der Waals surface area contributed by atoms with E-state index >= 15 is 0 Å². The minimum Gasteiger partial charge on any atom is -0.391 e. The predicted octanol–water partition coefficient (Wildman–Crippen LogP) is 1.47. The molecule has 22 heavy (non-hydrogen) atoms. The highest BCUT2D eigenvalue weighted by Crippen LogP contribution is 2.22. The molecule has 2 atom stereocenters. The first kappa shape index (κ1) is 15.1. The van der Waals surface area contributed by atoms with Crippen LogP contribution in [0.25, 0.3) is 0 Å². The molecule has 1 saturated heterocycles. The Morgan fingerprint density at radius 3 is 2.73 bits per heavy atom. The van der Waals surface area contributed by atoms with Crippen LogP contribution < -0.4 is 0 Å². The quantitative estimate of drug-likeness (QED) is 0.905. The molecule has 1 fully saturated rings. The van der Waals surface area contributed by atoms with Gasteiger partial charge in [0.1, 0.15) is 0 Å². The standard InChI is InChI=1S/C17H22N4O/c1-2-13-3-4-15(20-8-13)11-21-10-14(17(22)12-21)7-16-9-18-5-6-19-16/h3-6,8-9,14,17,22H,2,7,10-12H2,1H3/t14-,17-/m1/s1. The van der Waals surface area contributed by atoms with Gasteiger partial charge in [-0.25, -0.2) is 0 Å². The first-order valence-corrected chi connectivity index (χ1v) is 7.83. The molecule has 3 rings (SSSR count). The summed E-state index contributed by atoms with van der Waals surface area (Å²) in [6.45, 7) is 4.49. The van der Waals surface area contributed by atoms with Gasteiger partial charge >= 0.3 is 0 Å². The van der Waals surface area contributed by atoms with E-state index in [2.05, 4.69) is 38.9 Å². The van der Waals surface area contributed by atoms with Gasteiger partial charge in [-0.1, -0.05) is 13.0 Å². The number of likely N-dealkylation sites (tertiary alicyclic amines) is 1. The summed E-state index contributed by atoms with van der Waals surface area (Å²) in [5.74, 6) is 0.214. The molecule has 0 aliphatic carbocycles. The molecule has 0 radical (unpaired) electrons. The van der Waals surface area contributed by atoms with Crippen LogP contribution in [0, 0.1) is 5.92 Å². The molecule has 0 bridgehead atoms. The zero-order valence-electron chi connectivity index (χ0n) is 12.9. The fraction of sp³-hybridized carbons (Fsp3) is 0.471. The van der Waals surface area contributed by atoms with Gasteiger partial charge in [0.15, 0.2) is 0 Å². The Morgan fingerprint density at radius 2 is 2.05 bits per heavy atom. The van der Waals surface area contributed by atoms with Crippen LogP contribution in [0.2, 0.25) is 0 Å². The van der Waals surface area contributed by atoms with Crippen LogP contribution in [0.4, 0.5) is 0 Å². The van der Waals surface area contributed by atoms with Crippen LogP contribution in [0.1, 0.15) is 23.9 Å². The lowest BCUT2D eigenvalue weighted by atomic mass is 10.0. The van der Waals surface area contributed by atoms with Crippen molar-refractivity contribution in [2.24, 2.45) is 5.92 Å². The average molecular weight is 298 g/mol. The predicted molar refractivity (Wildman–Crippen MR) is 84.1 cm³/mol. The van der Waals surface area contributed by atoms with Crippen molar-refractivity contribution in [3.05, 3.63) is 53.9 Å². The molecule has 0 unspecified atom stereocenters. The molecule has 116 valence electrons. The van der Waals surface area contributed by atoms with Crippen molar-refractivity contribution in [1.82, 2.24) is 19.9 Å². The van der Waals surface area contributed by atoms with Crippen molar-refractivity contribution in [1.29, 1.82) is 0 Å². The number of rotatable bonds is 5. The van der Waals surface area contributed by atoms with E-state index in [0.717, 1.165) is 37.3 Å². The third kappa shape index (κ3) is 3.67. The van der Waals surface area contributed by atoms with Gasteiger partial charge in [-0.2, -0.15) is 0 Å². The maximum atomic E-state index is 10.3. The van der Waals surface area contributed by atoms with Crippen molar-refractivity contribution < 1.29 is 5.11 Å². The Hall–Kier alpha value is -1.85. The van der Waals surface area contributed by atoms with Gasteiger partial charge in [-0.15, -0.1) is 0 Å². The zero-order chi connectivity index (χ0) is 15.4. The van der Waals surface area contributed by atoms with Crippen LogP contribution in [-0.4, -0.2) is 44.2 Å². The molecule has 0 amide bonds. The lowest BCUT2D eigenvalue weighted by molar-refractivity contribution is 0.140. The van der Waals surface area contributed by atoms with E-state index in [4.69, 9.17) is 0 Å². The number of aliphatic hydroxyl groups is 1. The van der Waals surface area contributed by atoms with Gasteiger partial charge in [-0.3, -0.25) is 19.9 Å². The van der Waals surface area contributed by atoms with Crippen molar-refractivity contribution >= 4 is 0 Å². The number of aryl methyl sites for hydroxylation is 1. The van der Waals surface area contributed by atoms with Gasteiger partial charge in [0.2, 0.25) is 0 Å². The third-order valence-electron chi connectivity index (χ3n) is 4.25. The Morgan fingerprint density at radius 1 is 1.14 bits per heavy atom. The van der Waals surface area contributed by atoms with E-state index in [9.17, 15) is 5.11 Å². The van der Waals surface area contributed by atoms with Crippen LogP contribution in [0.15, 0.2) is 36.9 Å². The number of nitrogens with zero attached hydrogens (tertiary/aromatic N) is 4. The molecule has 3 heterocycles. The molecule has 1 N–H and O–H groups in total. The van der Waals surface area contributed by atoms with Crippen LogP contribution in [-0.2, 0) is 19.4 Å². The lowest BCUT2D eigenvalue weighted by Gasteiger charge is -2.15. The van der Waals surface area contributed by atoms with Gasteiger partial charge in [0, 0.05) is 50.3 Å². The van der Waals surface area contributed by atoms with E-state index in [1.807, 2.05) is 6.20 Å². The van der Waals surface area contributed by atoms with Crippen LogP contribution >= 0.6 is 0 Å². The topological polar surface area (TPSA) is 62.1 Å². The van der Waals surface area contributed by atoms with Crippen molar-refractivity contribution in [3.8, 4) is 0 Å². The number of aliphatic hydroxyl groups excluding tert-OH is 1. The first-order chi connectivity index (χ1) is 10.7. The van der Waals surface area contributed by atoms with Crippen LogP contribution in [0.5, 0.6) is 0 Å². The first-order valence-electron chi connectivity index (χ1n) is 7.83. The molecule has 0 spiro atoms. The molecule has 2 aromatic rings. The highest BCUT2D eigenvalue weighted by atomic mass is 16.3. The average Bonchev–Trinajstić information content (AvgIpc) is 2.88. The molecule has 1 aliphatic heterocycles. The number of pyridine rings is 1. The molecule has 5 heteroatoms. The zero-order valence-corrected chi connectivity index (χ0v) is 12.9. The molecule has 0 saturated carbocycles. The van der Waals surface area contributed by atoms with E-state index in [1.54, 1.807) is 18.6 Å². The molecule has 5 nitrogen and oxygen atoms in total. The second kappa shape index (κ2) is 6.94. The van der Waals surface area contributed by atoms with E-state index in [1.165, 1.54) is 5.56 Å². The lowest BCUT2D eigenvalue weighted by Crippen LogP contribution is -2.22. The van der Waals surface area contributed by atoms with Gasteiger partial charge < -0.3 is 5.11 Å². The molecular weight excluding hydrogens is 276 g/mol. The number of hydrogen-bond donors (Lipinski definition) is 1. The number of β-amino-alcohol motifs (C(OH)–C–C–N with tert-alkyl or cyclic N) is 1. The Labute approximate surface area is 131 Å². The van der Waals surface area contributed by atoms with Gasteiger partial charge in [0.25, 0.3) is 0 Å². The fourth-order valence-electron chi connectivity index (χ4n) is 2.96. The monoisotopic (exact) mass is 298 g/mol. The Kier molecular flexibility index (Phi) is 4.75. The van der Waals surface area contributed by atoms with Crippen LogP contribution in [0.3, 0.4) is 0 Å². The van der Waals surface area contributed by atoms with Gasteiger partial charge in [-0.05, 0) is 24.5 Å². The molecular formula is C17H22N4O. The summed E-state index contributed by atoms with van der Waals surface area (Å²) in [5, 5.41) is 10.3. The summed E-state index contributed by atoms with van der Waals surface area (Å²) < 4.78 is 0. The van der Waals surface area contributed by atoms with E-state index in [0.29, 0.717) is 6.54 Å². The summed E-state index contributed by atoms with van der Waals surface area (Å²) >= 11 is 0. The summed E-state index contributed by atoms with van der Waals surface area (Å²) in [6, 6.07) is 4.22. The van der Waals surface area contributed by atoms with E-state index < -0.39 is 0 Å². The maximum absolute atomic E-state index is 10.3. The third-order valence-corrected chi connectivity index (χ3v) is 4.25. The maximum Gasteiger partial charge on any atom is 0.0711 e. The molecule has 1 aliphatic rings. The summed E-state index contributed by atoms with van der Waals surface area (Å²) in [4.78, 5) is 15.2. The number of hydrogen-bond acceptors (Lipinski definition) is 5. The highest BCUT2D eigenvalue weighted by molar-refractivity contribution is 5.14. The van der Waals surface area contributed by atoms with Crippen molar-refractivity contribution in [2.45, 2.75) is 32.4 Å². The van der Waals surface area contributed by atoms with E-state index in [-0.39, 0.29) is 12.0 Å². The second-order valence-corrected chi connectivity index (χ2v) is 5.93. The summed E-state index contributed by atoms with van der Waals surface area (Å²) in [7, 11) is 0. The molecule has 2 aromatic heterocycles.